The molecule has 0 unspecified atom stereocenters. The molecule has 0 saturated carbocycles. The van der Waals surface area contributed by atoms with Crippen LogP contribution in [-0.2, 0) is 11.3 Å². The van der Waals surface area contributed by atoms with Crippen LogP contribution in [0, 0.1) is 0 Å². The fourth-order valence-electron chi connectivity index (χ4n) is 3.86. The largest absolute Gasteiger partial charge is 0.394 e. The van der Waals surface area contributed by atoms with Gasteiger partial charge in [0.05, 0.1) is 17.6 Å². The monoisotopic (exact) mass is 456 g/mol. The van der Waals surface area contributed by atoms with Crippen LogP contribution in [0.1, 0.15) is 27.8 Å². The highest BCUT2D eigenvalue weighted by molar-refractivity contribution is 5.97. The molecule has 0 radical (unpaired) electrons. The Morgan fingerprint density at radius 1 is 1.12 bits per heavy atom. The number of aromatic nitrogens is 2. The molecule has 1 aliphatic rings. The summed E-state index contributed by atoms with van der Waals surface area (Å²) >= 11 is 0. The Hall–Kier alpha value is -3.02. The van der Waals surface area contributed by atoms with E-state index in [1.165, 1.54) is 0 Å². The minimum atomic E-state index is -1.50. The molecule has 1 amide bonds. The number of aliphatic hydroxyl groups is 4. The second-order valence-corrected chi connectivity index (χ2v) is 8.35. The first-order valence-electron chi connectivity index (χ1n) is 10.6. The van der Waals surface area contributed by atoms with Gasteiger partial charge in [-0.15, -0.1) is 0 Å². The van der Waals surface area contributed by atoms with Gasteiger partial charge in [0.1, 0.15) is 36.3 Å². The first-order chi connectivity index (χ1) is 15.8. The Bertz CT molecular complexity index is 1130. The molecule has 2 heterocycles. The maximum absolute atomic E-state index is 12.7. The second kappa shape index (κ2) is 9.46. The summed E-state index contributed by atoms with van der Waals surface area (Å²) in [5.41, 5.74) is 3.53. The summed E-state index contributed by atoms with van der Waals surface area (Å²) < 4.78 is 5.55. The minimum absolute atomic E-state index is 0.222. The molecule has 1 fully saturated rings. The molecule has 6 N–H and O–H groups in total. The number of imidazole rings is 1. The van der Waals surface area contributed by atoms with Crippen LogP contribution in [0.15, 0.2) is 42.5 Å². The van der Waals surface area contributed by atoms with Crippen molar-refractivity contribution in [2.75, 3.05) is 25.6 Å². The van der Waals surface area contributed by atoms with Crippen molar-refractivity contribution in [3.63, 3.8) is 0 Å². The van der Waals surface area contributed by atoms with E-state index in [4.69, 9.17) is 4.74 Å². The van der Waals surface area contributed by atoms with Gasteiger partial charge in [-0.25, -0.2) is 4.98 Å². The van der Waals surface area contributed by atoms with Gasteiger partial charge in [0.2, 0.25) is 0 Å². The third-order valence-corrected chi connectivity index (χ3v) is 5.80. The van der Waals surface area contributed by atoms with Gasteiger partial charge in [-0.1, -0.05) is 12.1 Å². The zero-order valence-electron chi connectivity index (χ0n) is 18.3. The smallest absolute Gasteiger partial charge is 0.251 e. The van der Waals surface area contributed by atoms with Crippen LogP contribution < -0.4 is 10.2 Å². The van der Waals surface area contributed by atoms with E-state index in [0.717, 1.165) is 11.3 Å². The number of nitrogens with zero attached hydrogens (tertiary/aromatic N) is 2. The van der Waals surface area contributed by atoms with Gasteiger partial charge < -0.3 is 40.4 Å². The number of nitrogens with one attached hydrogen (secondary N) is 2. The summed E-state index contributed by atoms with van der Waals surface area (Å²) in [7, 11) is 3.91. The lowest BCUT2D eigenvalue weighted by molar-refractivity contribution is -0.233. The molecule has 4 rings (SSSR count). The molecule has 176 valence electrons. The van der Waals surface area contributed by atoms with Crippen molar-refractivity contribution in [1.29, 1.82) is 0 Å². The average Bonchev–Trinajstić information content (AvgIpc) is 3.24. The highest BCUT2D eigenvalue weighted by Gasteiger charge is 2.45. The number of amides is 1. The maximum atomic E-state index is 12.7. The first-order valence-corrected chi connectivity index (χ1v) is 10.6. The van der Waals surface area contributed by atoms with E-state index in [0.29, 0.717) is 23.1 Å². The Morgan fingerprint density at radius 3 is 2.64 bits per heavy atom. The number of fused-ring (bicyclic) bond motifs is 1. The third-order valence-electron chi connectivity index (χ3n) is 5.80. The van der Waals surface area contributed by atoms with E-state index in [9.17, 15) is 25.2 Å². The molecule has 5 atom stereocenters. The van der Waals surface area contributed by atoms with Crippen LogP contribution in [0.3, 0.4) is 0 Å². The number of carbonyl (C=O) groups is 1. The number of aliphatic hydroxyl groups excluding tert-OH is 4. The molecule has 0 spiro atoms. The van der Waals surface area contributed by atoms with Gasteiger partial charge in [-0.2, -0.15) is 0 Å². The number of carbonyl (C=O) groups excluding carboxylic acids is 1. The molecule has 1 aliphatic heterocycles. The second-order valence-electron chi connectivity index (χ2n) is 8.35. The van der Waals surface area contributed by atoms with Crippen LogP contribution in [-0.4, -0.2) is 81.4 Å². The summed E-state index contributed by atoms with van der Waals surface area (Å²) in [5.74, 6) is -0.0314. The van der Waals surface area contributed by atoms with Crippen molar-refractivity contribution < 1.29 is 30.0 Å². The fraction of sp³-hybridized carbons (Fsp3) is 0.391. The number of hydrogen-bond donors (Lipinski definition) is 6. The van der Waals surface area contributed by atoms with E-state index in [1.807, 2.05) is 43.3 Å². The van der Waals surface area contributed by atoms with Gasteiger partial charge in [0.15, 0.2) is 0 Å². The van der Waals surface area contributed by atoms with Crippen molar-refractivity contribution in [3.05, 3.63) is 59.4 Å². The fourth-order valence-corrected chi connectivity index (χ4v) is 3.86. The Kier molecular flexibility index (Phi) is 6.63. The maximum Gasteiger partial charge on any atom is 0.251 e. The molecule has 0 bridgehead atoms. The molecule has 3 aromatic rings. The van der Waals surface area contributed by atoms with Crippen molar-refractivity contribution >= 4 is 22.6 Å². The van der Waals surface area contributed by atoms with E-state index in [1.54, 1.807) is 18.2 Å². The Morgan fingerprint density at radius 2 is 1.91 bits per heavy atom. The lowest BCUT2D eigenvalue weighted by atomic mass is 9.95. The number of aromatic amines is 1. The van der Waals surface area contributed by atoms with Crippen molar-refractivity contribution in [3.8, 4) is 0 Å². The predicted octanol–water partition coefficient (Wildman–Crippen LogP) is 0.0738. The van der Waals surface area contributed by atoms with E-state index >= 15 is 0 Å². The van der Waals surface area contributed by atoms with Gasteiger partial charge in [-0.3, -0.25) is 4.79 Å². The molecule has 33 heavy (non-hydrogen) atoms. The Balaban J connectivity index is 1.50. The van der Waals surface area contributed by atoms with E-state index < -0.39 is 37.1 Å². The van der Waals surface area contributed by atoms with Crippen molar-refractivity contribution in [2.24, 2.45) is 0 Å². The van der Waals surface area contributed by atoms with Gasteiger partial charge in [-0.05, 0) is 35.9 Å². The van der Waals surface area contributed by atoms with E-state index in [-0.39, 0.29) is 11.7 Å². The number of rotatable bonds is 6. The normalized spacial score (nSPS) is 25.2. The zero-order chi connectivity index (χ0) is 23.7. The molecule has 2 aromatic carbocycles. The average molecular weight is 456 g/mol. The highest BCUT2D eigenvalue weighted by atomic mass is 16.5. The molecule has 1 saturated heterocycles. The molecule has 10 heteroatoms. The predicted molar refractivity (Wildman–Crippen MR) is 121 cm³/mol. The standard InChI is InChI=1S/C23H28N4O6/c1-27(2)14-5-3-4-12(8-14)10-24-23(32)13-6-7-15-16(9-13)26-22(25-15)21-20(31)19(30)18(29)17(11-28)33-21/h3-9,17-21,28-31H,10-11H2,1-2H3,(H,24,32)(H,25,26)/t17-,18+,19+,20-,21-/m1/s1. The minimum Gasteiger partial charge on any atom is -0.394 e. The molecular weight excluding hydrogens is 428 g/mol. The summed E-state index contributed by atoms with van der Waals surface area (Å²) in [5, 5.41) is 42.6. The summed E-state index contributed by atoms with van der Waals surface area (Å²) in [6.07, 6.45) is -6.49. The Labute approximate surface area is 190 Å². The number of ether oxygens (including phenoxy) is 1. The number of H-pyrrole nitrogens is 1. The third kappa shape index (κ3) is 4.70. The van der Waals surface area contributed by atoms with Gasteiger partial charge in [0, 0.05) is 31.9 Å². The van der Waals surface area contributed by atoms with Crippen LogP contribution >= 0.6 is 0 Å². The lowest BCUT2D eigenvalue weighted by Crippen LogP contribution is -2.55. The zero-order valence-corrected chi connectivity index (χ0v) is 18.3. The van der Waals surface area contributed by atoms with Crippen LogP contribution in [0.2, 0.25) is 0 Å². The van der Waals surface area contributed by atoms with E-state index in [2.05, 4.69) is 15.3 Å². The lowest BCUT2D eigenvalue weighted by Gasteiger charge is -2.39. The molecule has 10 nitrogen and oxygen atoms in total. The van der Waals surface area contributed by atoms with Crippen LogP contribution in [0.4, 0.5) is 5.69 Å². The van der Waals surface area contributed by atoms with Gasteiger partial charge >= 0.3 is 0 Å². The SMILES string of the molecule is CN(C)c1cccc(CNC(=O)c2ccc3nc([C@@H]4O[C@H](CO)[C@H](O)[C@H](O)[C@H]4O)[nH]c3c2)c1. The van der Waals surface area contributed by atoms with Crippen LogP contribution in [0.5, 0.6) is 0 Å². The topological polar surface area (TPSA) is 151 Å². The number of benzene rings is 2. The van der Waals surface area contributed by atoms with Crippen molar-refractivity contribution in [2.45, 2.75) is 37.1 Å². The molecule has 0 aliphatic carbocycles. The van der Waals surface area contributed by atoms with Gasteiger partial charge in [0.25, 0.3) is 5.91 Å². The number of anilines is 1. The highest BCUT2D eigenvalue weighted by Crippen LogP contribution is 2.32. The molecule has 1 aromatic heterocycles. The quantitative estimate of drug-likeness (QED) is 0.305. The molecular formula is C23H28N4O6. The first kappa shape index (κ1) is 23.1. The number of hydrogen-bond acceptors (Lipinski definition) is 8. The summed E-state index contributed by atoms with van der Waals surface area (Å²) in [4.78, 5) is 22.1. The van der Waals surface area contributed by atoms with Crippen LogP contribution in [0.25, 0.3) is 11.0 Å². The summed E-state index contributed by atoms with van der Waals surface area (Å²) in [6, 6.07) is 12.8. The summed E-state index contributed by atoms with van der Waals surface area (Å²) in [6.45, 7) is -0.152. The van der Waals surface area contributed by atoms with Crippen molar-refractivity contribution in [1.82, 2.24) is 15.3 Å².